The summed E-state index contributed by atoms with van der Waals surface area (Å²) in [5.74, 6) is -2.45. The summed E-state index contributed by atoms with van der Waals surface area (Å²) in [5, 5.41) is 0. The van der Waals surface area contributed by atoms with Crippen molar-refractivity contribution in [2.45, 2.75) is 84.3 Å². The molecule has 0 bridgehead atoms. The lowest BCUT2D eigenvalue weighted by Crippen LogP contribution is -2.40. The van der Waals surface area contributed by atoms with Crippen LogP contribution in [0.4, 0.5) is 13.2 Å². The quantitative estimate of drug-likeness (QED) is 0.347. The molecule has 1 aliphatic rings. The maximum absolute atomic E-state index is 13.4. The molecule has 0 amide bonds. The maximum Gasteiger partial charge on any atom is 0.449 e. The van der Waals surface area contributed by atoms with Crippen molar-refractivity contribution in [3.8, 4) is 0 Å². The molecule has 5 nitrogen and oxygen atoms in total. The van der Waals surface area contributed by atoms with Crippen LogP contribution >= 0.6 is 0 Å². The third-order valence-electron chi connectivity index (χ3n) is 4.14. The summed E-state index contributed by atoms with van der Waals surface area (Å²) in [6.45, 7) is 5.73. The number of unbranched alkanes of at least 4 members (excludes halogenated alkanes) is 5. The number of hydrogen-bond acceptors (Lipinski definition) is 5. The van der Waals surface area contributed by atoms with E-state index in [0.717, 1.165) is 32.1 Å². The molecule has 2 unspecified atom stereocenters. The average molecular weight is 396 g/mol. The Morgan fingerprint density at radius 1 is 1.04 bits per heavy atom. The Kier molecular flexibility index (Phi) is 10.8. The van der Waals surface area contributed by atoms with Crippen molar-refractivity contribution < 1.29 is 36.9 Å². The first kappa shape index (κ1) is 23.8. The Morgan fingerprint density at radius 3 is 2.30 bits per heavy atom. The lowest BCUT2D eigenvalue weighted by molar-refractivity contribution is -0.209. The van der Waals surface area contributed by atoms with E-state index in [1.807, 2.05) is 0 Å². The Morgan fingerprint density at radius 2 is 1.70 bits per heavy atom. The van der Waals surface area contributed by atoms with E-state index in [1.165, 1.54) is 13.3 Å². The predicted octanol–water partition coefficient (Wildman–Crippen LogP) is 4.89. The number of allylic oxidation sites excluding steroid dienone is 1. The molecule has 27 heavy (non-hydrogen) atoms. The Bertz CT molecular complexity index is 476. The van der Waals surface area contributed by atoms with Gasteiger partial charge in [0.2, 0.25) is 12.0 Å². The van der Waals surface area contributed by atoms with Gasteiger partial charge in [-0.15, -0.1) is 0 Å². The van der Waals surface area contributed by atoms with E-state index in [0.29, 0.717) is 6.61 Å². The van der Waals surface area contributed by atoms with Gasteiger partial charge in [0.25, 0.3) is 0 Å². The Balaban J connectivity index is 2.76. The first-order chi connectivity index (χ1) is 12.8. The summed E-state index contributed by atoms with van der Waals surface area (Å²) in [6, 6.07) is 0. The summed E-state index contributed by atoms with van der Waals surface area (Å²) in [4.78, 5) is 12.1. The number of esters is 1. The van der Waals surface area contributed by atoms with E-state index < -0.39 is 35.9 Å². The van der Waals surface area contributed by atoms with E-state index in [9.17, 15) is 18.0 Å². The molecule has 0 aromatic heterocycles. The molecule has 0 radical (unpaired) electrons. The van der Waals surface area contributed by atoms with Gasteiger partial charge in [0, 0.05) is 13.0 Å². The average Bonchev–Trinajstić information content (AvgIpc) is 2.60. The van der Waals surface area contributed by atoms with Crippen LogP contribution in [0.3, 0.4) is 0 Å². The molecule has 0 aromatic carbocycles. The fourth-order valence-electron chi connectivity index (χ4n) is 2.89. The number of hydrogen-bond donors (Lipinski definition) is 0. The Labute approximate surface area is 159 Å². The summed E-state index contributed by atoms with van der Waals surface area (Å²) >= 11 is 0. The second-order valence-corrected chi connectivity index (χ2v) is 6.33. The normalized spacial score (nSPS) is 20.5. The van der Waals surface area contributed by atoms with Gasteiger partial charge < -0.3 is 18.9 Å². The van der Waals surface area contributed by atoms with Crippen molar-refractivity contribution in [1.29, 1.82) is 0 Å². The van der Waals surface area contributed by atoms with Gasteiger partial charge in [-0.1, -0.05) is 39.0 Å². The Hall–Kier alpha value is -1.28. The first-order valence-electron chi connectivity index (χ1n) is 9.73. The molecule has 158 valence electrons. The van der Waals surface area contributed by atoms with Gasteiger partial charge in [-0.2, -0.15) is 13.2 Å². The number of carbonyl (C=O) groups excluding carboxylic acids is 1. The van der Waals surface area contributed by atoms with Crippen molar-refractivity contribution in [2.24, 2.45) is 0 Å². The number of alkyl halides is 3. The molecule has 0 N–H and O–H groups in total. The molecule has 0 saturated heterocycles. The molecule has 0 spiro atoms. The number of rotatable bonds is 12. The number of carbonyl (C=O) groups is 1. The van der Waals surface area contributed by atoms with Crippen molar-refractivity contribution in [3.63, 3.8) is 0 Å². The fourth-order valence-corrected chi connectivity index (χ4v) is 2.89. The molecule has 1 rings (SSSR count). The zero-order valence-electron chi connectivity index (χ0n) is 16.4. The highest BCUT2D eigenvalue weighted by molar-refractivity contribution is 5.90. The van der Waals surface area contributed by atoms with Gasteiger partial charge in [-0.25, -0.2) is 4.79 Å². The van der Waals surface area contributed by atoms with E-state index in [2.05, 4.69) is 6.92 Å². The summed E-state index contributed by atoms with van der Waals surface area (Å²) in [7, 11) is 0. The van der Waals surface area contributed by atoms with Crippen molar-refractivity contribution in [3.05, 3.63) is 11.3 Å². The van der Waals surface area contributed by atoms with Crippen LogP contribution in [0.1, 0.15) is 65.7 Å². The highest BCUT2D eigenvalue weighted by Gasteiger charge is 2.48. The second-order valence-electron chi connectivity index (χ2n) is 6.33. The third kappa shape index (κ3) is 8.09. The zero-order chi connectivity index (χ0) is 20.3. The fraction of sp³-hybridized carbons (Fsp3) is 0.842. The molecule has 0 fully saturated rings. The zero-order valence-corrected chi connectivity index (χ0v) is 16.4. The first-order valence-corrected chi connectivity index (χ1v) is 9.73. The van der Waals surface area contributed by atoms with Gasteiger partial charge in [0.05, 0.1) is 19.3 Å². The van der Waals surface area contributed by atoms with Gasteiger partial charge in [-0.05, 0) is 20.3 Å². The van der Waals surface area contributed by atoms with Crippen molar-refractivity contribution >= 4 is 5.97 Å². The van der Waals surface area contributed by atoms with Crippen LogP contribution in [0.2, 0.25) is 0 Å². The van der Waals surface area contributed by atoms with Gasteiger partial charge in [-0.3, -0.25) is 0 Å². The van der Waals surface area contributed by atoms with E-state index >= 15 is 0 Å². The molecule has 1 aliphatic heterocycles. The van der Waals surface area contributed by atoms with Crippen molar-refractivity contribution in [2.75, 3.05) is 19.8 Å². The third-order valence-corrected chi connectivity index (χ3v) is 4.14. The van der Waals surface area contributed by atoms with Crippen molar-refractivity contribution in [1.82, 2.24) is 0 Å². The van der Waals surface area contributed by atoms with E-state index in [-0.39, 0.29) is 19.6 Å². The van der Waals surface area contributed by atoms with Crippen LogP contribution in [0.25, 0.3) is 0 Å². The standard InChI is InChI=1S/C19H31F3O5/c1-4-7-8-9-10-11-12-26-15-13-14(24-5-2)16(18(23)25-6-3)17(27-15)19(20,21)22/h14-15H,4-13H2,1-3H3. The van der Waals surface area contributed by atoms with Gasteiger partial charge in [0.1, 0.15) is 5.57 Å². The van der Waals surface area contributed by atoms with Gasteiger partial charge >= 0.3 is 12.1 Å². The summed E-state index contributed by atoms with van der Waals surface area (Å²) < 4.78 is 60.9. The SMILES string of the molecule is CCCCCCCCOC1CC(OCC)C(C(=O)OCC)=C(C(F)(F)F)O1. The smallest absolute Gasteiger partial charge is 0.449 e. The molecular weight excluding hydrogens is 365 g/mol. The minimum Gasteiger partial charge on any atom is -0.462 e. The van der Waals surface area contributed by atoms with Crippen LogP contribution in [0.5, 0.6) is 0 Å². The molecule has 8 heteroatoms. The van der Waals surface area contributed by atoms with Crippen LogP contribution < -0.4 is 0 Å². The topological polar surface area (TPSA) is 54.0 Å². The van der Waals surface area contributed by atoms with Crippen LogP contribution in [0.15, 0.2) is 11.3 Å². The molecule has 1 heterocycles. The van der Waals surface area contributed by atoms with Crippen LogP contribution in [-0.2, 0) is 23.7 Å². The van der Waals surface area contributed by atoms with E-state index in [1.54, 1.807) is 6.92 Å². The lowest BCUT2D eigenvalue weighted by atomic mass is 10.0. The van der Waals surface area contributed by atoms with Crippen LogP contribution in [-0.4, -0.2) is 44.4 Å². The highest BCUT2D eigenvalue weighted by Crippen LogP contribution is 2.38. The molecule has 0 aliphatic carbocycles. The minimum atomic E-state index is -4.83. The maximum atomic E-state index is 13.4. The van der Waals surface area contributed by atoms with Crippen LogP contribution in [0, 0.1) is 0 Å². The molecule has 0 aromatic rings. The largest absolute Gasteiger partial charge is 0.462 e. The molecular formula is C19H31F3O5. The number of ether oxygens (including phenoxy) is 4. The lowest BCUT2D eigenvalue weighted by Gasteiger charge is -2.33. The predicted molar refractivity (Wildman–Crippen MR) is 93.9 cm³/mol. The second kappa shape index (κ2) is 12.2. The monoisotopic (exact) mass is 396 g/mol. The van der Waals surface area contributed by atoms with E-state index in [4.69, 9.17) is 18.9 Å². The summed E-state index contributed by atoms with van der Waals surface area (Å²) in [5.41, 5.74) is -0.620. The minimum absolute atomic E-state index is 0.0113. The molecule has 2 atom stereocenters. The summed E-state index contributed by atoms with van der Waals surface area (Å²) in [6.07, 6.45) is -0.744. The highest BCUT2D eigenvalue weighted by atomic mass is 19.4. The number of halogens is 3. The molecule has 0 saturated carbocycles. The van der Waals surface area contributed by atoms with Gasteiger partial charge in [0.15, 0.2) is 0 Å².